The van der Waals surface area contributed by atoms with Gasteiger partial charge in [-0.05, 0) is 30.3 Å². The first-order valence-electron chi connectivity index (χ1n) is 4.95. The molecule has 86 valence electrons. The number of anilines is 1. The normalized spacial score (nSPS) is 9.88. The number of rotatable bonds is 3. The van der Waals surface area contributed by atoms with Crippen LogP contribution in [0.15, 0.2) is 42.6 Å². The highest BCUT2D eigenvalue weighted by Crippen LogP contribution is 2.09. The Morgan fingerprint density at radius 1 is 1.12 bits per heavy atom. The molecule has 1 heterocycles. The lowest BCUT2D eigenvalue weighted by Gasteiger charge is -2.03. The number of aromatic nitrogens is 1. The zero-order valence-electron chi connectivity index (χ0n) is 8.81. The van der Waals surface area contributed by atoms with E-state index in [-0.39, 0.29) is 11.5 Å². The number of aromatic carboxylic acids is 1. The number of carboxylic acids is 1. The molecule has 2 aromatic rings. The Morgan fingerprint density at radius 3 is 2.53 bits per heavy atom. The topological polar surface area (TPSA) is 82.2 Å². The fourth-order valence-electron chi connectivity index (χ4n) is 1.40. The van der Waals surface area contributed by atoms with Gasteiger partial charge in [-0.3, -0.25) is 4.79 Å². The zero-order chi connectivity index (χ0) is 12.3. The van der Waals surface area contributed by atoms with Gasteiger partial charge in [-0.15, -0.1) is 0 Å². The molecular weight excluding hydrogens is 220 g/mol. The number of H-pyrrole nitrogens is 1. The van der Waals surface area contributed by atoms with Crippen molar-refractivity contribution in [2.45, 2.75) is 0 Å². The van der Waals surface area contributed by atoms with E-state index in [2.05, 4.69) is 10.3 Å². The second kappa shape index (κ2) is 4.52. The first kappa shape index (κ1) is 10.9. The van der Waals surface area contributed by atoms with Crippen LogP contribution in [0.5, 0.6) is 0 Å². The molecule has 0 unspecified atom stereocenters. The van der Waals surface area contributed by atoms with E-state index < -0.39 is 5.97 Å². The van der Waals surface area contributed by atoms with Gasteiger partial charge in [0.25, 0.3) is 5.91 Å². The molecule has 0 fully saturated rings. The fourth-order valence-corrected chi connectivity index (χ4v) is 1.40. The third-order valence-electron chi connectivity index (χ3n) is 2.22. The average Bonchev–Trinajstić information content (AvgIpc) is 2.82. The van der Waals surface area contributed by atoms with Crippen LogP contribution in [0.1, 0.15) is 20.7 Å². The maximum absolute atomic E-state index is 11.8. The van der Waals surface area contributed by atoms with Crippen molar-refractivity contribution in [3.05, 3.63) is 53.7 Å². The van der Waals surface area contributed by atoms with E-state index in [0.717, 1.165) is 0 Å². The summed E-state index contributed by atoms with van der Waals surface area (Å²) < 4.78 is 0. The van der Waals surface area contributed by atoms with Crippen LogP contribution < -0.4 is 5.32 Å². The molecule has 1 aromatic carbocycles. The Balaban J connectivity index is 2.19. The van der Waals surface area contributed by atoms with Crippen molar-refractivity contribution in [1.82, 2.24) is 4.98 Å². The molecule has 5 nitrogen and oxygen atoms in total. The van der Waals surface area contributed by atoms with Crippen LogP contribution in [0.4, 0.5) is 5.82 Å². The molecule has 2 rings (SSSR count). The molecule has 3 N–H and O–H groups in total. The van der Waals surface area contributed by atoms with E-state index in [1.165, 1.54) is 18.2 Å². The van der Waals surface area contributed by atoms with Crippen molar-refractivity contribution in [3.8, 4) is 0 Å². The van der Waals surface area contributed by atoms with Crippen molar-refractivity contribution in [2.75, 3.05) is 5.32 Å². The SMILES string of the molecule is O=C(O)c1cccc(C(=O)Nc2ccc[nH]2)c1. The maximum atomic E-state index is 11.8. The minimum absolute atomic E-state index is 0.0872. The number of nitrogens with one attached hydrogen (secondary N) is 2. The summed E-state index contributed by atoms with van der Waals surface area (Å²) in [5.74, 6) is -0.842. The largest absolute Gasteiger partial charge is 0.478 e. The number of carbonyl (C=O) groups excluding carboxylic acids is 1. The summed E-state index contributed by atoms with van der Waals surface area (Å²) in [4.78, 5) is 25.3. The van der Waals surface area contributed by atoms with E-state index in [1.807, 2.05) is 0 Å². The second-order valence-corrected chi connectivity index (χ2v) is 3.42. The highest BCUT2D eigenvalue weighted by atomic mass is 16.4. The predicted molar refractivity (Wildman–Crippen MR) is 62.1 cm³/mol. The Bertz CT molecular complexity index is 547. The average molecular weight is 230 g/mol. The molecule has 0 bridgehead atoms. The van der Waals surface area contributed by atoms with Crippen molar-refractivity contribution in [3.63, 3.8) is 0 Å². The molecule has 1 amide bonds. The number of carbonyl (C=O) groups is 2. The van der Waals surface area contributed by atoms with Gasteiger partial charge in [-0.2, -0.15) is 0 Å². The van der Waals surface area contributed by atoms with E-state index in [1.54, 1.807) is 24.4 Å². The molecule has 0 aliphatic heterocycles. The van der Waals surface area contributed by atoms with Gasteiger partial charge in [-0.1, -0.05) is 6.07 Å². The molecule has 0 saturated carbocycles. The lowest BCUT2D eigenvalue weighted by Crippen LogP contribution is -2.12. The van der Waals surface area contributed by atoms with Crippen LogP contribution in [-0.4, -0.2) is 22.0 Å². The number of hydrogen-bond acceptors (Lipinski definition) is 2. The number of carboxylic acid groups (broad SMARTS) is 1. The van der Waals surface area contributed by atoms with Gasteiger partial charge >= 0.3 is 5.97 Å². The first-order valence-corrected chi connectivity index (χ1v) is 4.95. The van der Waals surface area contributed by atoms with Crippen LogP contribution in [0.25, 0.3) is 0 Å². The van der Waals surface area contributed by atoms with Crippen LogP contribution >= 0.6 is 0 Å². The van der Waals surface area contributed by atoms with Crippen LogP contribution in [-0.2, 0) is 0 Å². The third-order valence-corrected chi connectivity index (χ3v) is 2.22. The second-order valence-electron chi connectivity index (χ2n) is 3.42. The summed E-state index contributed by atoms with van der Waals surface area (Å²) in [5, 5.41) is 11.4. The van der Waals surface area contributed by atoms with Crippen molar-refractivity contribution >= 4 is 17.7 Å². The van der Waals surface area contributed by atoms with Crippen molar-refractivity contribution < 1.29 is 14.7 Å². The minimum Gasteiger partial charge on any atom is -0.478 e. The molecule has 0 atom stereocenters. The van der Waals surface area contributed by atoms with Crippen LogP contribution in [0.2, 0.25) is 0 Å². The quantitative estimate of drug-likeness (QED) is 0.753. The summed E-state index contributed by atoms with van der Waals surface area (Å²) in [6.45, 7) is 0. The van der Waals surface area contributed by atoms with Gasteiger partial charge in [0, 0.05) is 11.8 Å². The van der Waals surface area contributed by atoms with Gasteiger partial charge in [0.1, 0.15) is 5.82 Å². The zero-order valence-corrected chi connectivity index (χ0v) is 8.81. The molecule has 1 aromatic heterocycles. The molecule has 0 saturated heterocycles. The van der Waals surface area contributed by atoms with Gasteiger partial charge in [0.05, 0.1) is 5.56 Å². The first-order chi connectivity index (χ1) is 8.16. The van der Waals surface area contributed by atoms with E-state index in [4.69, 9.17) is 5.11 Å². The van der Waals surface area contributed by atoms with E-state index in [9.17, 15) is 9.59 Å². The van der Waals surface area contributed by atoms with Gasteiger partial charge in [-0.25, -0.2) is 4.79 Å². The maximum Gasteiger partial charge on any atom is 0.335 e. The van der Waals surface area contributed by atoms with Crippen LogP contribution in [0.3, 0.4) is 0 Å². The smallest absolute Gasteiger partial charge is 0.335 e. The Morgan fingerprint density at radius 2 is 1.88 bits per heavy atom. The van der Waals surface area contributed by atoms with E-state index in [0.29, 0.717) is 11.4 Å². The lowest BCUT2D eigenvalue weighted by molar-refractivity contribution is 0.0697. The third kappa shape index (κ3) is 2.52. The fraction of sp³-hybridized carbons (Fsp3) is 0. The van der Waals surface area contributed by atoms with Gasteiger partial charge < -0.3 is 15.4 Å². The molecule has 17 heavy (non-hydrogen) atoms. The number of benzene rings is 1. The molecule has 0 radical (unpaired) electrons. The Labute approximate surface area is 97.1 Å². The monoisotopic (exact) mass is 230 g/mol. The summed E-state index contributed by atoms with van der Waals surface area (Å²) in [6.07, 6.45) is 1.68. The van der Waals surface area contributed by atoms with Crippen molar-refractivity contribution in [1.29, 1.82) is 0 Å². The highest BCUT2D eigenvalue weighted by molar-refractivity contribution is 6.05. The Hall–Kier alpha value is -2.56. The summed E-state index contributed by atoms with van der Waals surface area (Å²) >= 11 is 0. The number of aromatic amines is 1. The van der Waals surface area contributed by atoms with E-state index >= 15 is 0 Å². The molecule has 0 aliphatic carbocycles. The Kier molecular flexibility index (Phi) is 2.91. The minimum atomic E-state index is -1.06. The lowest BCUT2D eigenvalue weighted by atomic mass is 10.1. The molecule has 0 aliphatic rings. The van der Waals surface area contributed by atoms with Crippen molar-refractivity contribution in [2.24, 2.45) is 0 Å². The predicted octanol–water partition coefficient (Wildman–Crippen LogP) is 1.97. The molecule has 0 spiro atoms. The standard InChI is InChI=1S/C12H10N2O3/c15-11(14-10-5-2-6-13-10)8-3-1-4-9(7-8)12(16)17/h1-7,13H,(H,14,15)(H,16,17). The number of amides is 1. The van der Waals surface area contributed by atoms with Gasteiger partial charge in [0.2, 0.25) is 0 Å². The molecular formula is C12H10N2O3. The van der Waals surface area contributed by atoms with Gasteiger partial charge in [0.15, 0.2) is 0 Å². The molecule has 5 heteroatoms. The summed E-state index contributed by atoms with van der Waals surface area (Å²) in [6, 6.07) is 9.33. The van der Waals surface area contributed by atoms with Crippen LogP contribution in [0, 0.1) is 0 Å². The number of hydrogen-bond donors (Lipinski definition) is 3. The summed E-state index contributed by atoms with van der Waals surface area (Å²) in [7, 11) is 0. The highest BCUT2D eigenvalue weighted by Gasteiger charge is 2.09. The summed E-state index contributed by atoms with van der Waals surface area (Å²) in [5.41, 5.74) is 0.392.